The van der Waals surface area contributed by atoms with Gasteiger partial charge in [0, 0.05) is 29.9 Å². The average Bonchev–Trinajstić information content (AvgIpc) is 3.28. The Kier molecular flexibility index (Phi) is 11.6. The Morgan fingerprint density at radius 3 is 2.12 bits per heavy atom. The second kappa shape index (κ2) is 14.6. The first-order chi connectivity index (χ1) is 18.8. The van der Waals surface area contributed by atoms with Gasteiger partial charge in [0.05, 0.1) is 12.1 Å². The fourth-order valence-corrected chi connectivity index (χ4v) is 3.91. The maximum atomic E-state index is 13.0. The molecule has 0 radical (unpaired) electrons. The second-order valence-electron chi connectivity index (χ2n) is 9.29. The molecule has 11 N–H and O–H groups in total. The Morgan fingerprint density at radius 2 is 1.52 bits per heavy atom. The summed E-state index contributed by atoms with van der Waals surface area (Å²) in [7, 11) is 0. The standard InChI is InChI=1S/C25H34N6O9/c1-12(32)21(31-22(36)15(26)10-13-11-28-16-5-3-2-4-14(13)16)24(38)29-17(6-8-19(27)33)23(37)30-18(25(39)40)7-9-20(34)35/h2-5,11-12,15,17-18,21,28,32H,6-10,26H2,1H3,(H2,27,33)(H,29,38)(H,30,37)(H,31,36)(H,34,35)(H,39,40). The number of carboxylic acid groups (broad SMARTS) is 2. The van der Waals surface area contributed by atoms with E-state index in [-0.39, 0.29) is 19.3 Å². The Hall–Kier alpha value is -4.50. The lowest BCUT2D eigenvalue weighted by atomic mass is 10.0. The third kappa shape index (κ3) is 9.36. The molecule has 1 aromatic heterocycles. The van der Waals surface area contributed by atoms with Crippen LogP contribution in [0.2, 0.25) is 0 Å². The number of fused-ring (bicyclic) bond motifs is 1. The van der Waals surface area contributed by atoms with Crippen molar-refractivity contribution in [1.82, 2.24) is 20.9 Å². The fourth-order valence-electron chi connectivity index (χ4n) is 3.91. The normalized spacial score (nSPS) is 14.8. The number of hydrogen-bond donors (Lipinski definition) is 9. The molecule has 1 heterocycles. The molecule has 0 saturated heterocycles. The van der Waals surface area contributed by atoms with Crippen molar-refractivity contribution in [3.05, 3.63) is 36.0 Å². The van der Waals surface area contributed by atoms with Gasteiger partial charge < -0.3 is 47.7 Å². The highest BCUT2D eigenvalue weighted by molar-refractivity contribution is 5.95. The molecule has 5 unspecified atom stereocenters. The van der Waals surface area contributed by atoms with Crippen molar-refractivity contribution < 1.29 is 44.1 Å². The minimum Gasteiger partial charge on any atom is -0.481 e. The summed E-state index contributed by atoms with van der Waals surface area (Å²) in [5, 5.41) is 36.0. The molecule has 40 heavy (non-hydrogen) atoms. The van der Waals surface area contributed by atoms with Crippen LogP contribution in [0.5, 0.6) is 0 Å². The number of aromatic nitrogens is 1. The highest BCUT2D eigenvalue weighted by Gasteiger charge is 2.33. The van der Waals surface area contributed by atoms with Crippen molar-refractivity contribution in [3.63, 3.8) is 0 Å². The number of carbonyl (C=O) groups excluding carboxylic acids is 4. The highest BCUT2D eigenvalue weighted by atomic mass is 16.4. The molecule has 0 aliphatic rings. The summed E-state index contributed by atoms with van der Waals surface area (Å²) in [5.41, 5.74) is 12.8. The van der Waals surface area contributed by atoms with Crippen LogP contribution in [0.3, 0.4) is 0 Å². The number of aliphatic hydroxyl groups is 1. The fraction of sp³-hybridized carbons (Fsp3) is 0.440. The van der Waals surface area contributed by atoms with Gasteiger partial charge >= 0.3 is 11.9 Å². The van der Waals surface area contributed by atoms with Gasteiger partial charge in [-0.05, 0) is 37.8 Å². The molecule has 0 fully saturated rings. The number of primary amides is 1. The van der Waals surface area contributed by atoms with Crippen molar-refractivity contribution in [3.8, 4) is 0 Å². The van der Waals surface area contributed by atoms with Crippen LogP contribution in [0, 0.1) is 0 Å². The predicted molar refractivity (Wildman–Crippen MR) is 140 cm³/mol. The quantitative estimate of drug-likeness (QED) is 0.109. The highest BCUT2D eigenvalue weighted by Crippen LogP contribution is 2.18. The smallest absolute Gasteiger partial charge is 0.326 e. The third-order valence-electron chi connectivity index (χ3n) is 6.09. The van der Waals surface area contributed by atoms with Crippen molar-refractivity contribution in [2.24, 2.45) is 11.5 Å². The predicted octanol–water partition coefficient (Wildman–Crippen LogP) is -1.91. The van der Waals surface area contributed by atoms with E-state index in [2.05, 4.69) is 20.9 Å². The SMILES string of the molecule is CC(O)C(NC(=O)C(N)Cc1c[nH]c2ccccc12)C(=O)NC(CCC(N)=O)C(=O)NC(CCC(=O)O)C(=O)O. The Labute approximate surface area is 228 Å². The van der Waals surface area contributed by atoms with E-state index in [9.17, 15) is 39.0 Å². The van der Waals surface area contributed by atoms with Crippen LogP contribution in [0.25, 0.3) is 10.9 Å². The van der Waals surface area contributed by atoms with Gasteiger partial charge in [-0.2, -0.15) is 0 Å². The van der Waals surface area contributed by atoms with Gasteiger partial charge in [0.25, 0.3) is 0 Å². The lowest BCUT2D eigenvalue weighted by molar-refractivity contribution is -0.143. The lowest BCUT2D eigenvalue weighted by Gasteiger charge is -2.26. The van der Waals surface area contributed by atoms with Gasteiger partial charge in [-0.15, -0.1) is 0 Å². The summed E-state index contributed by atoms with van der Waals surface area (Å²) in [6.07, 6.45) is -1.31. The zero-order chi connectivity index (χ0) is 30.0. The number of benzene rings is 1. The van der Waals surface area contributed by atoms with Gasteiger partial charge in [0.15, 0.2) is 0 Å². The minimum absolute atomic E-state index is 0.112. The number of aromatic amines is 1. The number of carboxylic acids is 2. The van der Waals surface area contributed by atoms with Gasteiger partial charge in [0.2, 0.25) is 23.6 Å². The van der Waals surface area contributed by atoms with Crippen LogP contribution in [0.15, 0.2) is 30.5 Å². The molecule has 15 heteroatoms. The molecule has 0 spiro atoms. The number of nitrogens with one attached hydrogen (secondary N) is 4. The summed E-state index contributed by atoms with van der Waals surface area (Å²) in [6, 6.07) is 1.63. The summed E-state index contributed by atoms with van der Waals surface area (Å²) in [4.78, 5) is 75.3. The van der Waals surface area contributed by atoms with Gasteiger partial charge in [0.1, 0.15) is 18.1 Å². The zero-order valence-corrected chi connectivity index (χ0v) is 21.8. The molecule has 0 aliphatic carbocycles. The van der Waals surface area contributed by atoms with E-state index in [1.165, 1.54) is 6.92 Å². The number of carbonyl (C=O) groups is 6. The molecular formula is C25H34N6O9. The van der Waals surface area contributed by atoms with E-state index in [0.29, 0.717) is 0 Å². The lowest BCUT2D eigenvalue weighted by Crippen LogP contribution is -2.60. The van der Waals surface area contributed by atoms with E-state index in [1.807, 2.05) is 24.3 Å². The zero-order valence-electron chi connectivity index (χ0n) is 21.8. The van der Waals surface area contributed by atoms with E-state index in [0.717, 1.165) is 16.5 Å². The Bertz CT molecular complexity index is 1240. The van der Waals surface area contributed by atoms with Crippen LogP contribution >= 0.6 is 0 Å². The molecule has 2 aromatic rings. The molecule has 5 atom stereocenters. The first-order valence-electron chi connectivity index (χ1n) is 12.4. The van der Waals surface area contributed by atoms with Crippen molar-refractivity contribution in [2.45, 2.75) is 69.3 Å². The van der Waals surface area contributed by atoms with Crippen LogP contribution in [0.1, 0.15) is 38.2 Å². The Balaban J connectivity index is 2.12. The summed E-state index contributed by atoms with van der Waals surface area (Å²) >= 11 is 0. The second-order valence-corrected chi connectivity index (χ2v) is 9.29. The van der Waals surface area contributed by atoms with Crippen LogP contribution in [-0.2, 0) is 35.2 Å². The third-order valence-corrected chi connectivity index (χ3v) is 6.09. The number of nitrogens with two attached hydrogens (primary N) is 2. The van der Waals surface area contributed by atoms with Crippen molar-refractivity contribution >= 4 is 46.5 Å². The molecule has 2 rings (SSSR count). The number of H-pyrrole nitrogens is 1. The molecular weight excluding hydrogens is 528 g/mol. The van der Waals surface area contributed by atoms with Crippen LogP contribution in [-0.4, -0.2) is 86.1 Å². The van der Waals surface area contributed by atoms with E-state index < -0.39 is 78.7 Å². The number of amides is 4. The van der Waals surface area contributed by atoms with E-state index in [1.54, 1.807) is 6.20 Å². The van der Waals surface area contributed by atoms with Crippen LogP contribution < -0.4 is 27.4 Å². The largest absolute Gasteiger partial charge is 0.481 e. The molecule has 0 aliphatic heterocycles. The van der Waals surface area contributed by atoms with Crippen molar-refractivity contribution in [2.75, 3.05) is 0 Å². The van der Waals surface area contributed by atoms with Crippen molar-refractivity contribution in [1.29, 1.82) is 0 Å². The summed E-state index contributed by atoms with van der Waals surface area (Å²) in [5.74, 6) is -6.39. The monoisotopic (exact) mass is 562 g/mol. The van der Waals surface area contributed by atoms with Gasteiger partial charge in [-0.1, -0.05) is 18.2 Å². The van der Waals surface area contributed by atoms with E-state index >= 15 is 0 Å². The minimum atomic E-state index is -1.59. The molecule has 1 aromatic carbocycles. The first kappa shape index (κ1) is 31.7. The number of aliphatic carboxylic acids is 2. The van der Waals surface area contributed by atoms with Gasteiger partial charge in [-0.25, -0.2) is 4.79 Å². The van der Waals surface area contributed by atoms with E-state index in [4.69, 9.17) is 16.6 Å². The molecule has 4 amide bonds. The maximum absolute atomic E-state index is 13.0. The van der Waals surface area contributed by atoms with Gasteiger partial charge in [-0.3, -0.25) is 24.0 Å². The first-order valence-corrected chi connectivity index (χ1v) is 12.4. The molecule has 218 valence electrons. The maximum Gasteiger partial charge on any atom is 0.326 e. The average molecular weight is 563 g/mol. The summed E-state index contributed by atoms with van der Waals surface area (Å²) in [6.45, 7) is 1.22. The Morgan fingerprint density at radius 1 is 0.900 bits per heavy atom. The molecule has 0 bridgehead atoms. The number of hydrogen-bond acceptors (Lipinski definition) is 8. The molecule has 15 nitrogen and oxygen atoms in total. The summed E-state index contributed by atoms with van der Waals surface area (Å²) < 4.78 is 0. The topological polar surface area (TPSA) is 267 Å². The number of aliphatic hydroxyl groups excluding tert-OH is 1. The molecule has 0 saturated carbocycles. The van der Waals surface area contributed by atoms with Crippen LogP contribution in [0.4, 0.5) is 0 Å². The number of rotatable bonds is 16. The number of para-hydroxylation sites is 1.